The lowest BCUT2D eigenvalue weighted by Crippen LogP contribution is -2.46. The Hall–Kier alpha value is -4.32. The van der Waals surface area contributed by atoms with Crippen LogP contribution in [0.5, 0.6) is 0 Å². The lowest BCUT2D eigenvalue weighted by Gasteiger charge is -2.36. The van der Waals surface area contributed by atoms with Gasteiger partial charge in [-0.2, -0.15) is 0 Å². The van der Waals surface area contributed by atoms with Crippen molar-refractivity contribution in [2.75, 3.05) is 61.8 Å². The molecule has 1 atom stereocenters. The minimum atomic E-state index is -4.09. The van der Waals surface area contributed by atoms with Crippen molar-refractivity contribution in [3.8, 4) is 11.1 Å². The van der Waals surface area contributed by atoms with E-state index in [0.717, 1.165) is 92.1 Å². The van der Waals surface area contributed by atoms with Gasteiger partial charge < -0.3 is 15.1 Å². The number of piperidine rings is 1. The zero-order valence-corrected chi connectivity index (χ0v) is 35.0. The number of aryl methyl sites for hydroxylation is 1. The summed E-state index contributed by atoms with van der Waals surface area (Å²) in [6.45, 7) is 9.59. The van der Waals surface area contributed by atoms with Gasteiger partial charge in [0.15, 0.2) is 0 Å². The SMILES string of the molecule is Cc1cc(S(=O)(=O)NC(=O)c2ccc(N3CCN(Cc4ccccc4-c4ccc(Cl)cc4)CC3)cc2)ccc1N[C@H](CCN1CCCCC1)CSc1ccccc1. The molecular formula is C46H52ClN5O3S2. The van der Waals surface area contributed by atoms with Gasteiger partial charge in [-0.3, -0.25) is 9.69 Å². The highest BCUT2D eigenvalue weighted by atomic mass is 35.5. The zero-order valence-electron chi connectivity index (χ0n) is 32.6. The van der Waals surface area contributed by atoms with Crippen LogP contribution in [0.15, 0.2) is 131 Å². The first-order valence-corrected chi connectivity index (χ1v) is 22.8. The van der Waals surface area contributed by atoms with E-state index < -0.39 is 15.9 Å². The van der Waals surface area contributed by atoms with Gasteiger partial charge in [0, 0.05) is 77.9 Å². The molecular weight excluding hydrogens is 770 g/mol. The third kappa shape index (κ3) is 11.2. The molecule has 11 heteroatoms. The number of piperazine rings is 1. The molecule has 2 saturated heterocycles. The maximum Gasteiger partial charge on any atom is 0.264 e. The molecule has 2 heterocycles. The highest BCUT2D eigenvalue weighted by molar-refractivity contribution is 7.99. The first kappa shape index (κ1) is 40.9. The summed E-state index contributed by atoms with van der Waals surface area (Å²) in [5, 5.41) is 4.45. The van der Waals surface area contributed by atoms with Crippen molar-refractivity contribution in [2.24, 2.45) is 0 Å². The van der Waals surface area contributed by atoms with E-state index in [1.807, 2.05) is 55.1 Å². The largest absolute Gasteiger partial charge is 0.381 e. The van der Waals surface area contributed by atoms with Gasteiger partial charge >= 0.3 is 0 Å². The monoisotopic (exact) mass is 821 g/mol. The predicted octanol–water partition coefficient (Wildman–Crippen LogP) is 9.21. The summed E-state index contributed by atoms with van der Waals surface area (Å²) in [5.74, 6) is 0.241. The molecule has 7 rings (SSSR count). The lowest BCUT2D eigenvalue weighted by molar-refractivity contribution is 0.0981. The molecule has 0 aliphatic carbocycles. The summed E-state index contributed by atoms with van der Waals surface area (Å²) in [6.07, 6.45) is 4.82. The van der Waals surface area contributed by atoms with Crippen LogP contribution in [0.25, 0.3) is 11.1 Å². The van der Waals surface area contributed by atoms with E-state index in [2.05, 4.69) is 85.4 Å². The highest BCUT2D eigenvalue weighted by Gasteiger charge is 2.23. The summed E-state index contributed by atoms with van der Waals surface area (Å²) in [7, 11) is -4.09. The summed E-state index contributed by atoms with van der Waals surface area (Å²) in [5.41, 5.74) is 6.66. The molecule has 5 aromatic rings. The van der Waals surface area contributed by atoms with Crippen LogP contribution >= 0.6 is 23.4 Å². The molecule has 0 aromatic heterocycles. The standard InChI is InChI=1S/C46H52ClN5O3S2/c1-35-32-43(22-23-45(35)48-40(24-27-50-25-8-3-9-26-50)34-56-42-11-4-2-5-12-42)57(54,55)49-46(53)37-16-20-41(21-17-37)52-30-28-51(29-31-52)33-38-10-6-7-13-44(38)36-14-18-39(47)19-15-36/h2,4-7,10-23,32,40,48H,3,8-9,24-31,33-34H2,1H3,(H,49,53)/t40-/m1/s1. The van der Waals surface area contributed by atoms with E-state index in [-0.39, 0.29) is 10.9 Å². The van der Waals surface area contributed by atoms with Gasteiger partial charge in [0.25, 0.3) is 15.9 Å². The highest BCUT2D eigenvalue weighted by Crippen LogP contribution is 2.28. The Morgan fingerprint density at radius 2 is 1.47 bits per heavy atom. The minimum Gasteiger partial charge on any atom is -0.381 e. The Labute approximate surface area is 347 Å². The Kier molecular flexibility index (Phi) is 13.9. The van der Waals surface area contributed by atoms with Crippen LogP contribution in [0.2, 0.25) is 5.02 Å². The third-order valence-corrected chi connectivity index (χ3v) is 13.7. The number of likely N-dealkylation sites (tertiary alicyclic amines) is 1. The van der Waals surface area contributed by atoms with E-state index in [9.17, 15) is 13.2 Å². The van der Waals surface area contributed by atoms with Crippen molar-refractivity contribution in [1.82, 2.24) is 14.5 Å². The Morgan fingerprint density at radius 3 is 2.19 bits per heavy atom. The number of rotatable bonds is 15. The maximum atomic E-state index is 13.5. The van der Waals surface area contributed by atoms with E-state index in [1.165, 1.54) is 35.3 Å². The molecule has 8 nitrogen and oxygen atoms in total. The van der Waals surface area contributed by atoms with Crippen molar-refractivity contribution >= 4 is 50.7 Å². The Balaban J connectivity index is 0.926. The average molecular weight is 823 g/mol. The van der Waals surface area contributed by atoms with E-state index in [1.54, 1.807) is 24.3 Å². The number of halogens is 1. The molecule has 2 aliphatic heterocycles. The number of sulfonamides is 1. The fraction of sp³-hybridized carbons (Fsp3) is 0.326. The van der Waals surface area contributed by atoms with E-state index in [4.69, 9.17) is 11.6 Å². The van der Waals surface area contributed by atoms with Crippen LogP contribution in [0.3, 0.4) is 0 Å². The van der Waals surface area contributed by atoms with Crippen LogP contribution in [0.4, 0.5) is 11.4 Å². The molecule has 2 N–H and O–H groups in total. The van der Waals surface area contributed by atoms with Gasteiger partial charge in [-0.25, -0.2) is 13.1 Å². The number of hydrogen-bond acceptors (Lipinski definition) is 8. The smallest absolute Gasteiger partial charge is 0.264 e. The second-order valence-corrected chi connectivity index (χ2v) is 18.3. The second-order valence-electron chi connectivity index (χ2n) is 15.0. The first-order chi connectivity index (χ1) is 27.7. The van der Waals surface area contributed by atoms with Gasteiger partial charge in [0.05, 0.1) is 4.90 Å². The number of benzene rings is 5. The molecule has 0 unspecified atom stereocenters. The number of carbonyl (C=O) groups excluding carboxylic acids is 1. The van der Waals surface area contributed by atoms with Crippen molar-refractivity contribution in [1.29, 1.82) is 0 Å². The molecule has 0 spiro atoms. The minimum absolute atomic E-state index is 0.0627. The van der Waals surface area contributed by atoms with Crippen molar-refractivity contribution in [3.63, 3.8) is 0 Å². The van der Waals surface area contributed by atoms with Crippen molar-refractivity contribution in [2.45, 2.75) is 55.0 Å². The summed E-state index contributed by atoms with van der Waals surface area (Å²) in [4.78, 5) is 21.8. The van der Waals surface area contributed by atoms with Gasteiger partial charge in [0.1, 0.15) is 0 Å². The van der Waals surface area contributed by atoms with Crippen molar-refractivity contribution in [3.05, 3.63) is 143 Å². The number of nitrogens with zero attached hydrogens (tertiary/aromatic N) is 3. The molecule has 2 fully saturated rings. The van der Waals surface area contributed by atoms with Crippen LogP contribution in [0, 0.1) is 6.92 Å². The Bertz CT molecular complexity index is 2190. The molecule has 0 saturated carbocycles. The lowest BCUT2D eigenvalue weighted by atomic mass is 9.99. The number of hydrogen-bond donors (Lipinski definition) is 2. The van der Waals surface area contributed by atoms with E-state index >= 15 is 0 Å². The predicted molar refractivity (Wildman–Crippen MR) is 236 cm³/mol. The van der Waals surface area contributed by atoms with Gasteiger partial charge in [-0.05, 0) is 128 Å². The average Bonchev–Trinajstić information content (AvgIpc) is 3.24. The summed E-state index contributed by atoms with van der Waals surface area (Å²) >= 11 is 7.96. The number of nitrogens with one attached hydrogen (secondary N) is 2. The molecule has 0 radical (unpaired) electrons. The Morgan fingerprint density at radius 1 is 0.772 bits per heavy atom. The van der Waals surface area contributed by atoms with Gasteiger partial charge in [-0.1, -0.05) is 72.6 Å². The molecule has 0 bridgehead atoms. The molecule has 5 aromatic carbocycles. The van der Waals surface area contributed by atoms with Crippen LogP contribution in [0.1, 0.15) is 47.2 Å². The van der Waals surface area contributed by atoms with E-state index in [0.29, 0.717) is 5.56 Å². The van der Waals surface area contributed by atoms with Crippen LogP contribution in [-0.4, -0.2) is 81.7 Å². The van der Waals surface area contributed by atoms with Crippen LogP contribution < -0.4 is 14.9 Å². The third-order valence-electron chi connectivity index (χ3n) is 11.0. The normalized spacial score (nSPS) is 15.9. The number of amides is 1. The quantitative estimate of drug-likeness (QED) is 0.101. The molecule has 57 heavy (non-hydrogen) atoms. The number of thioether (sulfide) groups is 1. The molecule has 298 valence electrons. The molecule has 2 aliphatic rings. The maximum absolute atomic E-state index is 13.5. The molecule has 1 amide bonds. The first-order valence-electron chi connectivity index (χ1n) is 20.0. The van der Waals surface area contributed by atoms with Crippen LogP contribution in [-0.2, 0) is 16.6 Å². The van der Waals surface area contributed by atoms with Gasteiger partial charge in [-0.15, -0.1) is 11.8 Å². The fourth-order valence-electron chi connectivity index (χ4n) is 7.66. The number of anilines is 2. The summed E-state index contributed by atoms with van der Waals surface area (Å²) in [6, 6.07) is 39.4. The zero-order chi connectivity index (χ0) is 39.6. The van der Waals surface area contributed by atoms with Crippen molar-refractivity contribution < 1.29 is 13.2 Å². The number of carbonyl (C=O) groups is 1. The topological polar surface area (TPSA) is 85.0 Å². The second kappa shape index (κ2) is 19.4. The van der Waals surface area contributed by atoms with Gasteiger partial charge in [0.2, 0.25) is 0 Å². The fourth-order valence-corrected chi connectivity index (χ4v) is 9.83. The summed E-state index contributed by atoms with van der Waals surface area (Å²) < 4.78 is 29.2.